The SMILES string of the molecule is CCOC(=O)C1=C(C)NC(=S)N[C@H]1c1ccc(-c2ccccc2Cl)o1. The smallest absolute Gasteiger partial charge is 0.338 e. The minimum Gasteiger partial charge on any atom is -0.463 e. The molecule has 0 amide bonds. The molecule has 0 saturated carbocycles. The lowest BCUT2D eigenvalue weighted by atomic mass is 10.0. The van der Waals surface area contributed by atoms with Gasteiger partial charge in [0.2, 0.25) is 0 Å². The molecule has 0 bridgehead atoms. The first-order chi connectivity index (χ1) is 12.0. The van der Waals surface area contributed by atoms with Gasteiger partial charge in [0.05, 0.1) is 17.2 Å². The van der Waals surface area contributed by atoms with Crippen LogP contribution in [0.15, 0.2) is 52.1 Å². The highest BCUT2D eigenvalue weighted by atomic mass is 35.5. The van der Waals surface area contributed by atoms with Crippen molar-refractivity contribution in [2.45, 2.75) is 19.9 Å². The summed E-state index contributed by atoms with van der Waals surface area (Å²) in [4.78, 5) is 12.4. The van der Waals surface area contributed by atoms with Crippen LogP contribution >= 0.6 is 23.8 Å². The summed E-state index contributed by atoms with van der Waals surface area (Å²) in [6.45, 7) is 3.83. The van der Waals surface area contributed by atoms with Gasteiger partial charge in [-0.2, -0.15) is 0 Å². The predicted octanol–water partition coefficient (Wildman–Crippen LogP) is 3.96. The molecule has 7 heteroatoms. The topological polar surface area (TPSA) is 63.5 Å². The van der Waals surface area contributed by atoms with E-state index in [1.54, 1.807) is 26.0 Å². The average Bonchev–Trinajstić information content (AvgIpc) is 3.04. The Morgan fingerprint density at radius 3 is 2.80 bits per heavy atom. The Hall–Kier alpha value is -2.31. The number of ether oxygens (including phenoxy) is 1. The van der Waals surface area contributed by atoms with Crippen molar-refractivity contribution in [1.29, 1.82) is 0 Å². The van der Waals surface area contributed by atoms with Crippen LogP contribution < -0.4 is 10.6 Å². The first kappa shape index (κ1) is 17.5. The van der Waals surface area contributed by atoms with Gasteiger partial charge in [0.15, 0.2) is 5.11 Å². The summed E-state index contributed by atoms with van der Waals surface area (Å²) in [5.74, 6) is 0.761. The van der Waals surface area contributed by atoms with E-state index in [0.29, 0.717) is 32.9 Å². The van der Waals surface area contributed by atoms with Crippen molar-refractivity contribution >= 4 is 34.9 Å². The maximum Gasteiger partial charge on any atom is 0.338 e. The molecule has 1 aliphatic rings. The highest BCUT2D eigenvalue weighted by Crippen LogP contribution is 2.34. The van der Waals surface area contributed by atoms with Crippen LogP contribution in [0.4, 0.5) is 0 Å². The van der Waals surface area contributed by atoms with Gasteiger partial charge in [-0.25, -0.2) is 4.79 Å². The van der Waals surface area contributed by atoms with E-state index in [1.165, 1.54) is 0 Å². The molecule has 1 atom stereocenters. The quantitative estimate of drug-likeness (QED) is 0.622. The van der Waals surface area contributed by atoms with Gasteiger partial charge in [-0.15, -0.1) is 0 Å². The molecule has 3 rings (SSSR count). The fourth-order valence-corrected chi connectivity index (χ4v) is 3.20. The maximum absolute atomic E-state index is 12.4. The molecule has 0 fully saturated rings. The number of allylic oxidation sites excluding steroid dienone is 1. The van der Waals surface area contributed by atoms with Crippen LogP contribution in [0.2, 0.25) is 5.02 Å². The van der Waals surface area contributed by atoms with Crippen LogP contribution in [0.1, 0.15) is 25.6 Å². The molecule has 0 radical (unpaired) electrons. The molecule has 0 aliphatic carbocycles. The zero-order chi connectivity index (χ0) is 18.0. The average molecular weight is 377 g/mol. The molecular weight excluding hydrogens is 360 g/mol. The third-order valence-corrected chi connectivity index (χ3v) is 4.36. The number of furan rings is 1. The first-order valence-corrected chi connectivity index (χ1v) is 8.60. The fraction of sp³-hybridized carbons (Fsp3) is 0.222. The first-order valence-electron chi connectivity index (χ1n) is 7.81. The second-order valence-electron chi connectivity index (χ2n) is 5.47. The molecule has 2 heterocycles. The van der Waals surface area contributed by atoms with E-state index in [2.05, 4.69) is 10.6 Å². The Morgan fingerprint density at radius 1 is 1.32 bits per heavy atom. The Kier molecular flexibility index (Phi) is 5.11. The third kappa shape index (κ3) is 3.55. The molecule has 5 nitrogen and oxygen atoms in total. The largest absolute Gasteiger partial charge is 0.463 e. The number of hydrogen-bond acceptors (Lipinski definition) is 4. The normalized spacial score (nSPS) is 17.1. The second-order valence-corrected chi connectivity index (χ2v) is 6.29. The van der Waals surface area contributed by atoms with E-state index >= 15 is 0 Å². The summed E-state index contributed by atoms with van der Waals surface area (Å²) in [5.41, 5.74) is 1.86. The van der Waals surface area contributed by atoms with Gasteiger partial charge in [0.25, 0.3) is 0 Å². The van der Waals surface area contributed by atoms with E-state index in [0.717, 1.165) is 5.56 Å². The van der Waals surface area contributed by atoms with Gasteiger partial charge in [-0.3, -0.25) is 0 Å². The number of carbonyl (C=O) groups excluding carboxylic acids is 1. The number of esters is 1. The van der Waals surface area contributed by atoms with Crippen molar-refractivity contribution in [2.24, 2.45) is 0 Å². The monoisotopic (exact) mass is 376 g/mol. The van der Waals surface area contributed by atoms with Gasteiger partial charge in [0, 0.05) is 11.3 Å². The summed E-state index contributed by atoms with van der Waals surface area (Å²) < 4.78 is 11.1. The van der Waals surface area contributed by atoms with Gasteiger partial charge in [0.1, 0.15) is 17.6 Å². The number of thiocarbonyl (C=S) groups is 1. The van der Waals surface area contributed by atoms with Gasteiger partial charge >= 0.3 is 5.97 Å². The van der Waals surface area contributed by atoms with E-state index < -0.39 is 12.0 Å². The van der Waals surface area contributed by atoms with Crippen molar-refractivity contribution < 1.29 is 13.9 Å². The lowest BCUT2D eigenvalue weighted by Crippen LogP contribution is -2.45. The molecule has 25 heavy (non-hydrogen) atoms. The van der Waals surface area contributed by atoms with E-state index in [4.69, 9.17) is 33.0 Å². The standard InChI is InChI=1S/C18H17ClN2O3S/c1-3-23-17(22)15-10(2)20-18(25)21-16(15)14-9-8-13(24-14)11-6-4-5-7-12(11)19/h4-9,16H,3H2,1-2H3,(H2,20,21,25)/t16-/m0/s1. The minimum atomic E-state index is -0.524. The maximum atomic E-state index is 12.4. The summed E-state index contributed by atoms with van der Waals surface area (Å²) >= 11 is 11.4. The Labute approximate surface area is 156 Å². The van der Waals surface area contributed by atoms with Crippen LogP contribution in [0, 0.1) is 0 Å². The van der Waals surface area contributed by atoms with Crippen LogP contribution in [0.3, 0.4) is 0 Å². The molecule has 2 aromatic rings. The van der Waals surface area contributed by atoms with Crippen LogP contribution in [0.25, 0.3) is 11.3 Å². The summed E-state index contributed by atoms with van der Waals surface area (Å²) in [6.07, 6.45) is 0. The minimum absolute atomic E-state index is 0.288. The van der Waals surface area contributed by atoms with E-state index in [1.807, 2.05) is 24.3 Å². The molecule has 1 aromatic heterocycles. The van der Waals surface area contributed by atoms with Crippen molar-refractivity contribution in [3.8, 4) is 11.3 Å². The van der Waals surface area contributed by atoms with Crippen molar-refractivity contribution in [2.75, 3.05) is 6.61 Å². The summed E-state index contributed by atoms with van der Waals surface area (Å²) in [7, 11) is 0. The third-order valence-electron chi connectivity index (χ3n) is 3.82. The molecule has 130 valence electrons. The highest BCUT2D eigenvalue weighted by Gasteiger charge is 2.33. The molecule has 1 aliphatic heterocycles. The molecule has 2 N–H and O–H groups in total. The molecule has 0 saturated heterocycles. The number of halogens is 1. The number of nitrogens with one attached hydrogen (secondary N) is 2. The van der Waals surface area contributed by atoms with Gasteiger partial charge < -0.3 is 19.8 Å². The zero-order valence-electron chi connectivity index (χ0n) is 13.8. The van der Waals surface area contributed by atoms with Gasteiger partial charge in [-0.05, 0) is 50.3 Å². The molecule has 1 aromatic carbocycles. The second kappa shape index (κ2) is 7.29. The fourth-order valence-electron chi connectivity index (χ4n) is 2.70. The number of rotatable bonds is 4. The van der Waals surface area contributed by atoms with E-state index in [9.17, 15) is 4.79 Å². The lowest BCUT2D eigenvalue weighted by molar-refractivity contribution is -0.139. The summed E-state index contributed by atoms with van der Waals surface area (Å²) in [5, 5.41) is 7.03. The Bertz CT molecular complexity index is 860. The Balaban J connectivity index is 1.99. The zero-order valence-corrected chi connectivity index (χ0v) is 15.3. The molecule has 0 spiro atoms. The predicted molar refractivity (Wildman–Crippen MR) is 100 cm³/mol. The van der Waals surface area contributed by atoms with Crippen molar-refractivity contribution in [3.05, 3.63) is 58.5 Å². The van der Waals surface area contributed by atoms with Gasteiger partial charge in [-0.1, -0.05) is 23.7 Å². The molecule has 0 unspecified atom stereocenters. The van der Waals surface area contributed by atoms with Crippen LogP contribution in [-0.4, -0.2) is 17.7 Å². The molecular formula is C18H17ClN2O3S. The summed E-state index contributed by atoms with van der Waals surface area (Å²) in [6, 6.07) is 10.5. The number of carbonyl (C=O) groups is 1. The van der Waals surface area contributed by atoms with E-state index in [-0.39, 0.29) is 6.61 Å². The number of benzene rings is 1. The Morgan fingerprint density at radius 2 is 2.08 bits per heavy atom. The lowest BCUT2D eigenvalue weighted by Gasteiger charge is -2.28. The van der Waals surface area contributed by atoms with Crippen LogP contribution in [0.5, 0.6) is 0 Å². The van der Waals surface area contributed by atoms with Crippen LogP contribution in [-0.2, 0) is 9.53 Å². The van der Waals surface area contributed by atoms with Crippen molar-refractivity contribution in [1.82, 2.24) is 10.6 Å². The van der Waals surface area contributed by atoms with Crippen molar-refractivity contribution in [3.63, 3.8) is 0 Å². The number of hydrogen-bond donors (Lipinski definition) is 2. The highest BCUT2D eigenvalue weighted by molar-refractivity contribution is 7.80.